The van der Waals surface area contributed by atoms with E-state index in [-0.39, 0.29) is 0 Å². The minimum absolute atomic E-state index is 0.427. The fraction of sp³-hybridized carbons (Fsp3) is 0.643. The number of likely N-dealkylation sites (tertiary alicyclic amines) is 1. The predicted molar refractivity (Wildman–Crippen MR) is 84.4 cm³/mol. The van der Waals surface area contributed by atoms with Gasteiger partial charge in [0.05, 0.1) is 17.8 Å². The molecule has 0 saturated carbocycles. The minimum atomic E-state index is -3.52. The van der Waals surface area contributed by atoms with E-state index in [2.05, 4.69) is 14.6 Å². The molecule has 2 N–H and O–H groups in total. The highest BCUT2D eigenvalue weighted by molar-refractivity contribution is 7.87. The summed E-state index contributed by atoms with van der Waals surface area (Å²) in [5.74, 6) is 0. The molecule has 7 nitrogen and oxygen atoms in total. The van der Waals surface area contributed by atoms with Crippen LogP contribution in [0.5, 0.6) is 0 Å². The van der Waals surface area contributed by atoms with Gasteiger partial charge in [-0.15, -0.1) is 0 Å². The van der Waals surface area contributed by atoms with Gasteiger partial charge >= 0.3 is 0 Å². The summed E-state index contributed by atoms with van der Waals surface area (Å²) in [6, 6.07) is 5.42. The van der Waals surface area contributed by atoms with E-state index in [1.807, 2.05) is 25.1 Å². The van der Waals surface area contributed by atoms with Gasteiger partial charge in [0.2, 0.25) is 0 Å². The molecule has 1 aromatic heterocycles. The molecule has 0 spiro atoms. The zero-order chi connectivity index (χ0) is 16.3. The third-order valence-corrected chi connectivity index (χ3v) is 5.34. The maximum atomic E-state index is 11.8. The van der Waals surface area contributed by atoms with Gasteiger partial charge in [-0.3, -0.25) is 9.88 Å². The number of aromatic nitrogens is 1. The largest absolute Gasteiger partial charge is 0.390 e. The van der Waals surface area contributed by atoms with Crippen molar-refractivity contribution in [3.63, 3.8) is 0 Å². The van der Waals surface area contributed by atoms with Gasteiger partial charge < -0.3 is 5.11 Å². The Bertz CT molecular complexity index is 606. The standard InChI is InChI=1S/C14H24N4O3S/c1-11-5-4-6-12(15-11)9-18-8-7-13(14(19)10-18)16-22(20,21)17(2)3/h4-6,13-14,16,19H,7-10H2,1-3H3/t13-,14-/m1/s1. The number of β-amino-alcohol motifs (C(OH)–C–C–N with tert-alkyl or cyclic N) is 1. The molecule has 8 heteroatoms. The van der Waals surface area contributed by atoms with Crippen LogP contribution < -0.4 is 4.72 Å². The Labute approximate surface area is 132 Å². The van der Waals surface area contributed by atoms with E-state index >= 15 is 0 Å². The molecule has 1 aliphatic heterocycles. The Hall–Kier alpha value is -1.06. The highest BCUT2D eigenvalue weighted by Gasteiger charge is 2.31. The lowest BCUT2D eigenvalue weighted by molar-refractivity contribution is 0.0436. The topological polar surface area (TPSA) is 85.8 Å². The number of hydrogen-bond acceptors (Lipinski definition) is 5. The van der Waals surface area contributed by atoms with Crippen LogP contribution in [0.2, 0.25) is 0 Å². The molecule has 1 fully saturated rings. The molecule has 1 saturated heterocycles. The second-order valence-corrected chi connectivity index (χ2v) is 7.79. The second kappa shape index (κ2) is 7.01. The Morgan fingerprint density at radius 1 is 1.45 bits per heavy atom. The Morgan fingerprint density at radius 3 is 2.77 bits per heavy atom. The average molecular weight is 328 g/mol. The molecule has 0 bridgehead atoms. The van der Waals surface area contributed by atoms with Crippen LogP contribution in [0.4, 0.5) is 0 Å². The van der Waals surface area contributed by atoms with Crippen molar-refractivity contribution in [2.45, 2.75) is 32.0 Å². The summed E-state index contributed by atoms with van der Waals surface area (Å²) in [5.41, 5.74) is 1.92. The van der Waals surface area contributed by atoms with Crippen molar-refractivity contribution in [1.29, 1.82) is 0 Å². The number of pyridine rings is 1. The van der Waals surface area contributed by atoms with Crippen molar-refractivity contribution in [3.8, 4) is 0 Å². The first-order valence-electron chi connectivity index (χ1n) is 7.30. The Morgan fingerprint density at radius 2 is 2.18 bits per heavy atom. The van der Waals surface area contributed by atoms with E-state index in [1.54, 1.807) is 0 Å². The summed E-state index contributed by atoms with van der Waals surface area (Å²) < 4.78 is 27.3. The van der Waals surface area contributed by atoms with Gasteiger partial charge in [0.15, 0.2) is 0 Å². The van der Waals surface area contributed by atoms with Crippen LogP contribution >= 0.6 is 0 Å². The van der Waals surface area contributed by atoms with Crippen molar-refractivity contribution in [2.75, 3.05) is 27.2 Å². The molecular weight excluding hydrogens is 304 g/mol. The van der Waals surface area contributed by atoms with Gasteiger partial charge in [-0.1, -0.05) is 6.07 Å². The first-order valence-corrected chi connectivity index (χ1v) is 8.74. The van der Waals surface area contributed by atoms with Crippen molar-refractivity contribution in [1.82, 2.24) is 18.9 Å². The van der Waals surface area contributed by atoms with E-state index in [1.165, 1.54) is 14.1 Å². The van der Waals surface area contributed by atoms with Crippen molar-refractivity contribution in [2.24, 2.45) is 0 Å². The molecule has 0 radical (unpaired) electrons. The summed E-state index contributed by atoms with van der Waals surface area (Å²) >= 11 is 0. The van der Waals surface area contributed by atoms with Crippen LogP contribution in [0.1, 0.15) is 17.8 Å². The van der Waals surface area contributed by atoms with Crippen LogP contribution in [-0.4, -0.2) is 67.0 Å². The van der Waals surface area contributed by atoms with Gasteiger partial charge in [0.1, 0.15) is 0 Å². The number of aliphatic hydroxyl groups is 1. The zero-order valence-electron chi connectivity index (χ0n) is 13.2. The first-order chi connectivity index (χ1) is 10.3. The van der Waals surface area contributed by atoms with Gasteiger partial charge in [-0.2, -0.15) is 17.4 Å². The lowest BCUT2D eigenvalue weighted by atomic mass is 10.0. The smallest absolute Gasteiger partial charge is 0.279 e. The quantitative estimate of drug-likeness (QED) is 0.776. The normalized spacial score (nSPS) is 23.9. The first kappa shape index (κ1) is 17.3. The minimum Gasteiger partial charge on any atom is -0.390 e. The molecule has 2 atom stereocenters. The molecule has 124 valence electrons. The number of rotatable bonds is 5. The highest BCUT2D eigenvalue weighted by Crippen LogP contribution is 2.15. The molecule has 0 aromatic carbocycles. The molecule has 0 aliphatic carbocycles. The number of aryl methyl sites for hydroxylation is 1. The fourth-order valence-electron chi connectivity index (χ4n) is 2.49. The Balaban J connectivity index is 1.93. The van der Waals surface area contributed by atoms with Crippen molar-refractivity contribution < 1.29 is 13.5 Å². The van der Waals surface area contributed by atoms with Crippen molar-refractivity contribution in [3.05, 3.63) is 29.6 Å². The number of piperidine rings is 1. The molecule has 22 heavy (non-hydrogen) atoms. The molecule has 0 unspecified atom stereocenters. The summed E-state index contributed by atoms with van der Waals surface area (Å²) in [4.78, 5) is 6.54. The molecule has 1 aliphatic rings. The summed E-state index contributed by atoms with van der Waals surface area (Å²) in [6.45, 7) is 3.75. The third kappa shape index (κ3) is 4.47. The van der Waals surface area contributed by atoms with E-state index in [4.69, 9.17) is 0 Å². The molecule has 2 rings (SSSR count). The number of aliphatic hydroxyl groups excluding tert-OH is 1. The Kier molecular flexibility index (Phi) is 5.51. The SMILES string of the molecule is Cc1cccc(CN2CC[C@@H](NS(=O)(=O)N(C)C)[C@H](O)C2)n1. The maximum Gasteiger partial charge on any atom is 0.279 e. The van der Waals surface area contributed by atoms with Crippen LogP contribution in [-0.2, 0) is 16.8 Å². The maximum absolute atomic E-state index is 11.8. The van der Waals surface area contributed by atoms with Gasteiger partial charge in [0, 0.05) is 39.4 Å². The molecule has 0 amide bonds. The number of nitrogens with one attached hydrogen (secondary N) is 1. The van der Waals surface area contributed by atoms with Crippen LogP contribution in [0.15, 0.2) is 18.2 Å². The van der Waals surface area contributed by atoms with Gasteiger partial charge in [-0.25, -0.2) is 0 Å². The zero-order valence-corrected chi connectivity index (χ0v) is 14.0. The molecule has 2 heterocycles. The lowest BCUT2D eigenvalue weighted by Gasteiger charge is -2.36. The van der Waals surface area contributed by atoms with E-state index in [0.29, 0.717) is 26.1 Å². The fourth-order valence-corrected chi connectivity index (χ4v) is 3.36. The lowest BCUT2D eigenvalue weighted by Crippen LogP contribution is -2.55. The average Bonchev–Trinajstić information content (AvgIpc) is 2.41. The second-order valence-electron chi connectivity index (χ2n) is 5.87. The van der Waals surface area contributed by atoms with E-state index < -0.39 is 22.4 Å². The third-order valence-electron chi connectivity index (χ3n) is 3.78. The van der Waals surface area contributed by atoms with Crippen LogP contribution in [0.3, 0.4) is 0 Å². The van der Waals surface area contributed by atoms with E-state index in [0.717, 1.165) is 15.7 Å². The van der Waals surface area contributed by atoms with Crippen LogP contribution in [0, 0.1) is 6.92 Å². The van der Waals surface area contributed by atoms with Crippen LogP contribution in [0.25, 0.3) is 0 Å². The highest BCUT2D eigenvalue weighted by atomic mass is 32.2. The predicted octanol–water partition coefficient (Wildman–Crippen LogP) is -0.279. The summed E-state index contributed by atoms with van der Waals surface area (Å²) in [6.07, 6.45) is -0.159. The molecule has 1 aromatic rings. The summed E-state index contributed by atoms with van der Waals surface area (Å²) in [5, 5.41) is 10.2. The summed E-state index contributed by atoms with van der Waals surface area (Å²) in [7, 11) is -0.589. The van der Waals surface area contributed by atoms with E-state index in [9.17, 15) is 13.5 Å². The van der Waals surface area contributed by atoms with Gasteiger partial charge in [0.25, 0.3) is 10.2 Å². The number of nitrogens with zero attached hydrogens (tertiary/aromatic N) is 3. The molecular formula is C14H24N4O3S. The van der Waals surface area contributed by atoms with Crippen molar-refractivity contribution >= 4 is 10.2 Å². The van der Waals surface area contributed by atoms with Gasteiger partial charge in [-0.05, 0) is 25.5 Å². The monoisotopic (exact) mass is 328 g/mol. The number of hydrogen-bond donors (Lipinski definition) is 2.